The maximum Gasteiger partial charge on any atom is 0.325 e. The molecule has 3 heterocycles. The fourth-order valence-corrected chi connectivity index (χ4v) is 4.65. The number of aromatic nitrogens is 2. The van der Waals surface area contributed by atoms with Gasteiger partial charge in [0, 0.05) is 17.1 Å². The average Bonchev–Trinajstić information content (AvgIpc) is 3.05. The zero-order valence-electron chi connectivity index (χ0n) is 14.2. The summed E-state index contributed by atoms with van der Waals surface area (Å²) in [5.74, 6) is 0.393. The van der Waals surface area contributed by atoms with Crippen LogP contribution in [0, 0.1) is 12.8 Å². The van der Waals surface area contributed by atoms with Crippen molar-refractivity contribution in [2.75, 3.05) is 0 Å². The molecule has 8 heteroatoms. The zero-order chi connectivity index (χ0) is 17.8. The third-order valence-corrected chi connectivity index (χ3v) is 6.27. The zero-order valence-corrected chi connectivity index (χ0v) is 15.1. The number of aryl methyl sites for hydroxylation is 1. The van der Waals surface area contributed by atoms with Crippen LogP contribution in [0.4, 0.5) is 4.79 Å². The maximum absolute atomic E-state index is 12.9. The summed E-state index contributed by atoms with van der Waals surface area (Å²) >= 11 is 1.37. The van der Waals surface area contributed by atoms with Gasteiger partial charge in [-0.3, -0.25) is 18.9 Å². The van der Waals surface area contributed by atoms with E-state index in [1.165, 1.54) is 26.7 Å². The number of urea groups is 1. The second-order valence-electron chi connectivity index (χ2n) is 7.17. The summed E-state index contributed by atoms with van der Waals surface area (Å²) in [4.78, 5) is 43.8. The fraction of sp³-hybridized carbons (Fsp3) is 0.529. The third-order valence-electron chi connectivity index (χ3n) is 5.32. The molecule has 0 atom stereocenters. The molecular formula is C17H20N4O3S. The number of hydrogen-bond donors (Lipinski definition) is 1. The molecule has 25 heavy (non-hydrogen) atoms. The predicted molar refractivity (Wildman–Crippen MR) is 93.5 cm³/mol. The first-order valence-electron chi connectivity index (χ1n) is 8.50. The van der Waals surface area contributed by atoms with Crippen LogP contribution in [0.2, 0.25) is 0 Å². The van der Waals surface area contributed by atoms with Crippen LogP contribution in [-0.2, 0) is 11.3 Å². The van der Waals surface area contributed by atoms with Crippen LogP contribution in [-0.4, -0.2) is 31.8 Å². The lowest BCUT2D eigenvalue weighted by Crippen LogP contribution is -2.49. The van der Waals surface area contributed by atoms with Crippen molar-refractivity contribution in [2.45, 2.75) is 51.6 Å². The second-order valence-corrected chi connectivity index (χ2v) is 8.00. The highest BCUT2D eigenvalue weighted by Crippen LogP contribution is 2.36. The van der Waals surface area contributed by atoms with E-state index < -0.39 is 5.54 Å². The fourth-order valence-electron chi connectivity index (χ4n) is 3.76. The van der Waals surface area contributed by atoms with Crippen LogP contribution >= 0.6 is 11.3 Å². The van der Waals surface area contributed by atoms with E-state index in [0.29, 0.717) is 29.4 Å². The van der Waals surface area contributed by atoms with Gasteiger partial charge in [0.25, 0.3) is 11.5 Å². The molecule has 7 nitrogen and oxygen atoms in total. The monoisotopic (exact) mass is 360 g/mol. The lowest BCUT2D eigenvalue weighted by molar-refractivity contribution is -0.133. The number of imide groups is 1. The van der Waals surface area contributed by atoms with Gasteiger partial charge >= 0.3 is 6.03 Å². The molecule has 1 aliphatic heterocycles. The van der Waals surface area contributed by atoms with Crippen molar-refractivity contribution in [1.82, 2.24) is 19.6 Å². The topological polar surface area (TPSA) is 83.8 Å². The summed E-state index contributed by atoms with van der Waals surface area (Å²) in [6.07, 6.45) is 3.21. The maximum atomic E-state index is 12.9. The Balaban J connectivity index is 1.62. The van der Waals surface area contributed by atoms with E-state index in [2.05, 4.69) is 17.2 Å². The largest absolute Gasteiger partial charge is 0.325 e. The van der Waals surface area contributed by atoms with Gasteiger partial charge in [-0.05, 0) is 38.5 Å². The molecule has 2 aromatic rings. The van der Waals surface area contributed by atoms with Gasteiger partial charge in [-0.25, -0.2) is 9.78 Å². The van der Waals surface area contributed by atoms with Gasteiger partial charge in [0.05, 0.1) is 12.2 Å². The van der Waals surface area contributed by atoms with Gasteiger partial charge in [0.15, 0.2) is 4.96 Å². The lowest BCUT2D eigenvalue weighted by atomic mass is 9.77. The quantitative estimate of drug-likeness (QED) is 0.831. The highest BCUT2D eigenvalue weighted by molar-refractivity contribution is 7.15. The average molecular weight is 360 g/mol. The molecule has 0 radical (unpaired) electrons. The van der Waals surface area contributed by atoms with E-state index in [-0.39, 0.29) is 24.0 Å². The van der Waals surface area contributed by atoms with E-state index in [0.717, 1.165) is 18.5 Å². The number of fused-ring (bicyclic) bond motifs is 1. The van der Waals surface area contributed by atoms with Gasteiger partial charge < -0.3 is 5.32 Å². The molecule has 1 N–H and O–H groups in total. The summed E-state index contributed by atoms with van der Waals surface area (Å²) in [7, 11) is 0. The Labute approximate surface area is 148 Å². The molecule has 1 spiro atoms. The molecule has 0 bridgehead atoms. The second kappa shape index (κ2) is 5.66. The number of rotatable bonds is 2. The van der Waals surface area contributed by atoms with Crippen LogP contribution in [0.15, 0.2) is 16.2 Å². The van der Waals surface area contributed by atoms with Crippen LogP contribution < -0.4 is 10.9 Å². The minimum Gasteiger partial charge on any atom is -0.323 e. The van der Waals surface area contributed by atoms with E-state index in [9.17, 15) is 14.4 Å². The first-order valence-corrected chi connectivity index (χ1v) is 9.38. The first kappa shape index (κ1) is 16.3. The van der Waals surface area contributed by atoms with Crippen molar-refractivity contribution in [3.05, 3.63) is 33.2 Å². The van der Waals surface area contributed by atoms with E-state index in [4.69, 9.17) is 0 Å². The van der Waals surface area contributed by atoms with E-state index in [1.54, 1.807) is 0 Å². The van der Waals surface area contributed by atoms with Gasteiger partial charge in [-0.2, -0.15) is 0 Å². The van der Waals surface area contributed by atoms with Crippen molar-refractivity contribution in [1.29, 1.82) is 0 Å². The first-order chi connectivity index (χ1) is 11.9. The minimum atomic E-state index is -0.762. The molecule has 1 aliphatic carbocycles. The Morgan fingerprint density at radius 3 is 2.76 bits per heavy atom. The van der Waals surface area contributed by atoms with Gasteiger partial charge in [0.1, 0.15) is 5.54 Å². The number of thiazole rings is 1. The molecule has 2 aliphatic rings. The number of carbonyl (C=O) groups is 2. The number of carbonyl (C=O) groups excluding carboxylic acids is 2. The van der Waals surface area contributed by atoms with Crippen LogP contribution in [0.3, 0.4) is 0 Å². The van der Waals surface area contributed by atoms with Crippen molar-refractivity contribution in [3.8, 4) is 0 Å². The number of nitrogens with zero attached hydrogens (tertiary/aromatic N) is 3. The third kappa shape index (κ3) is 2.55. The molecule has 2 fully saturated rings. The Hall–Kier alpha value is -2.22. The summed E-state index contributed by atoms with van der Waals surface area (Å²) in [5, 5.41) is 4.76. The number of amides is 3. The van der Waals surface area contributed by atoms with Crippen molar-refractivity contribution in [3.63, 3.8) is 0 Å². The molecule has 0 aromatic carbocycles. The lowest BCUT2D eigenvalue weighted by Gasteiger charge is -2.33. The van der Waals surface area contributed by atoms with Gasteiger partial charge in [-0.1, -0.05) is 6.92 Å². The normalized spacial score (nSPS) is 26.6. The molecule has 132 valence electrons. The Kier molecular flexibility index (Phi) is 3.68. The summed E-state index contributed by atoms with van der Waals surface area (Å²) < 4.78 is 1.53. The van der Waals surface area contributed by atoms with Crippen LogP contribution in [0.25, 0.3) is 4.96 Å². The molecule has 1 saturated carbocycles. The van der Waals surface area contributed by atoms with E-state index >= 15 is 0 Å². The number of nitrogens with one attached hydrogen (secondary N) is 1. The smallest absolute Gasteiger partial charge is 0.323 e. The molecule has 3 amide bonds. The number of hydrogen-bond acceptors (Lipinski definition) is 5. The SMILES string of the molecule is Cc1csc2nc(CN3C(=O)NC4(CCC(C)CC4)C3=O)cc(=O)n12. The van der Waals surface area contributed by atoms with E-state index in [1.807, 2.05) is 12.3 Å². The molecule has 1 saturated heterocycles. The van der Waals surface area contributed by atoms with Gasteiger partial charge in [-0.15, -0.1) is 11.3 Å². The summed E-state index contributed by atoms with van der Waals surface area (Å²) in [6.45, 7) is 4.05. The van der Waals surface area contributed by atoms with Crippen molar-refractivity contribution in [2.24, 2.45) is 5.92 Å². The Morgan fingerprint density at radius 1 is 1.32 bits per heavy atom. The highest BCUT2D eigenvalue weighted by atomic mass is 32.1. The molecular weight excluding hydrogens is 340 g/mol. The molecule has 0 unspecified atom stereocenters. The Bertz CT molecular complexity index is 924. The highest BCUT2D eigenvalue weighted by Gasteiger charge is 2.52. The molecule has 4 rings (SSSR count). The summed E-state index contributed by atoms with van der Waals surface area (Å²) in [5.41, 5.74) is 0.320. The van der Waals surface area contributed by atoms with Gasteiger partial charge in [0.2, 0.25) is 0 Å². The van der Waals surface area contributed by atoms with Crippen LogP contribution in [0.1, 0.15) is 44.0 Å². The summed E-state index contributed by atoms with van der Waals surface area (Å²) in [6, 6.07) is 1.02. The minimum absolute atomic E-state index is 0.0324. The standard InChI is InChI=1S/C17H20N4O3S/c1-10-3-5-17(6-4-10)14(23)20(15(24)19-17)8-12-7-13(22)21-11(2)9-25-16(21)18-12/h7,9-10H,3-6,8H2,1-2H3,(H,19,24). The van der Waals surface area contributed by atoms with Crippen molar-refractivity contribution < 1.29 is 9.59 Å². The predicted octanol–water partition coefficient (Wildman–Crippen LogP) is 2.07. The Morgan fingerprint density at radius 2 is 2.04 bits per heavy atom. The molecule has 2 aromatic heterocycles. The van der Waals surface area contributed by atoms with Crippen molar-refractivity contribution >= 4 is 28.2 Å². The van der Waals surface area contributed by atoms with Crippen LogP contribution in [0.5, 0.6) is 0 Å².